The van der Waals surface area contributed by atoms with Gasteiger partial charge in [0.2, 0.25) is 0 Å². The molecule has 2 aromatic carbocycles. The Labute approximate surface area is 87.7 Å². The Kier molecular flexibility index (Phi) is 2.19. The average molecular weight is 290 g/mol. The van der Waals surface area contributed by atoms with Crippen molar-refractivity contribution in [2.45, 2.75) is 0 Å². The molecule has 0 amide bonds. The van der Waals surface area contributed by atoms with E-state index in [0.717, 1.165) is 15.0 Å². The molecule has 0 saturated heterocycles. The zero-order valence-corrected chi connectivity index (χ0v) is 8.68. The van der Waals surface area contributed by atoms with Crippen LogP contribution in [-0.4, -0.2) is 0 Å². The first-order valence-electron chi connectivity index (χ1n) is 3.72. The minimum Gasteiger partial charge on any atom is -0.204 e. The average Bonchev–Trinajstić information content (AvgIpc) is 2.12. The smallest absolute Gasteiger partial charge is 0.166 e. The van der Waals surface area contributed by atoms with Gasteiger partial charge in [0.1, 0.15) is 0 Å². The zero-order valence-electron chi connectivity index (χ0n) is 6.52. The molecule has 0 saturated carbocycles. The molecular formula is C10H5F2I. The molecular weight excluding hydrogens is 285 g/mol. The first-order valence-corrected chi connectivity index (χ1v) is 4.79. The number of hydrogen-bond donors (Lipinski definition) is 0. The summed E-state index contributed by atoms with van der Waals surface area (Å²) in [6.07, 6.45) is 0. The number of fused-ring (bicyclic) bond motifs is 1. The van der Waals surface area contributed by atoms with Crippen LogP contribution in [0.15, 0.2) is 30.3 Å². The highest BCUT2D eigenvalue weighted by Gasteiger charge is 2.05. The van der Waals surface area contributed by atoms with Crippen molar-refractivity contribution >= 4 is 33.4 Å². The lowest BCUT2D eigenvalue weighted by Gasteiger charge is -2.00. The molecule has 13 heavy (non-hydrogen) atoms. The maximum atomic E-state index is 13.2. The minimum atomic E-state index is -0.797. The molecule has 0 aliphatic carbocycles. The Bertz CT molecular complexity index is 466. The Morgan fingerprint density at radius 2 is 1.77 bits per heavy atom. The summed E-state index contributed by atoms with van der Waals surface area (Å²) in [5.41, 5.74) is 0. The predicted octanol–water partition coefficient (Wildman–Crippen LogP) is 3.72. The van der Waals surface area contributed by atoms with E-state index in [2.05, 4.69) is 22.6 Å². The van der Waals surface area contributed by atoms with Crippen LogP contribution in [0, 0.1) is 15.2 Å². The molecule has 0 spiro atoms. The molecule has 0 heterocycles. The van der Waals surface area contributed by atoms with Gasteiger partial charge in [-0.15, -0.1) is 0 Å². The molecule has 0 aliphatic heterocycles. The fourth-order valence-electron chi connectivity index (χ4n) is 1.24. The fraction of sp³-hybridized carbons (Fsp3) is 0. The summed E-state index contributed by atoms with van der Waals surface area (Å²) in [6, 6.07) is 7.89. The molecule has 0 fully saturated rings. The van der Waals surface area contributed by atoms with Crippen LogP contribution in [0.1, 0.15) is 0 Å². The molecule has 2 rings (SSSR count). The molecule has 0 radical (unpaired) electrons. The van der Waals surface area contributed by atoms with E-state index in [0.29, 0.717) is 5.39 Å². The summed E-state index contributed by atoms with van der Waals surface area (Å²) in [6.45, 7) is 0. The molecule has 0 N–H and O–H groups in total. The van der Waals surface area contributed by atoms with Crippen LogP contribution in [0.5, 0.6) is 0 Å². The van der Waals surface area contributed by atoms with E-state index in [1.165, 1.54) is 0 Å². The van der Waals surface area contributed by atoms with Crippen LogP contribution in [-0.2, 0) is 0 Å². The quantitative estimate of drug-likeness (QED) is 0.649. The summed E-state index contributed by atoms with van der Waals surface area (Å²) in [5, 5.41) is 1.06. The monoisotopic (exact) mass is 290 g/mol. The van der Waals surface area contributed by atoms with Gasteiger partial charge in [0.15, 0.2) is 11.6 Å². The van der Waals surface area contributed by atoms with Crippen molar-refractivity contribution in [3.05, 3.63) is 45.5 Å². The van der Waals surface area contributed by atoms with Crippen molar-refractivity contribution < 1.29 is 8.78 Å². The standard InChI is InChI=1S/C10H5F2I/c11-9-4-1-6-5-7(13)2-3-8(6)10(9)12/h1-5H. The third kappa shape index (κ3) is 1.52. The molecule has 0 aromatic heterocycles. The fourth-order valence-corrected chi connectivity index (χ4v) is 1.75. The van der Waals surface area contributed by atoms with Gasteiger partial charge in [-0.05, 0) is 46.2 Å². The maximum Gasteiger partial charge on any atom is 0.166 e. The summed E-state index contributed by atoms with van der Waals surface area (Å²) >= 11 is 2.13. The minimum absolute atomic E-state index is 0.334. The van der Waals surface area contributed by atoms with Crippen LogP contribution in [0.3, 0.4) is 0 Å². The normalized spacial score (nSPS) is 10.7. The van der Waals surface area contributed by atoms with Crippen molar-refractivity contribution in [1.29, 1.82) is 0 Å². The lowest BCUT2D eigenvalue weighted by molar-refractivity contribution is 0.517. The van der Waals surface area contributed by atoms with Crippen LogP contribution >= 0.6 is 22.6 Å². The lowest BCUT2D eigenvalue weighted by atomic mass is 10.1. The Morgan fingerprint density at radius 1 is 1.00 bits per heavy atom. The largest absolute Gasteiger partial charge is 0.204 e. The van der Waals surface area contributed by atoms with Crippen molar-refractivity contribution in [3.63, 3.8) is 0 Å². The number of rotatable bonds is 0. The number of halogens is 3. The highest BCUT2D eigenvalue weighted by molar-refractivity contribution is 14.1. The van der Waals surface area contributed by atoms with Crippen LogP contribution in [0.4, 0.5) is 8.78 Å². The summed E-state index contributed by atoms with van der Waals surface area (Å²) in [7, 11) is 0. The van der Waals surface area contributed by atoms with Gasteiger partial charge >= 0.3 is 0 Å². The molecule has 2 aromatic rings. The van der Waals surface area contributed by atoms with Crippen LogP contribution in [0.2, 0.25) is 0 Å². The number of benzene rings is 2. The highest BCUT2D eigenvalue weighted by atomic mass is 127. The van der Waals surface area contributed by atoms with E-state index in [-0.39, 0.29) is 0 Å². The van der Waals surface area contributed by atoms with Gasteiger partial charge < -0.3 is 0 Å². The molecule has 0 aliphatic rings. The van der Waals surface area contributed by atoms with Gasteiger partial charge in [-0.1, -0.05) is 12.1 Å². The highest BCUT2D eigenvalue weighted by Crippen LogP contribution is 2.21. The SMILES string of the molecule is Fc1ccc2cc(I)ccc2c1F. The van der Waals surface area contributed by atoms with E-state index in [1.54, 1.807) is 18.2 Å². The van der Waals surface area contributed by atoms with Crippen molar-refractivity contribution in [2.75, 3.05) is 0 Å². The second-order valence-electron chi connectivity index (χ2n) is 2.73. The lowest BCUT2D eigenvalue weighted by Crippen LogP contribution is -1.85. The Hall–Kier alpha value is -0.710. The summed E-state index contributed by atoms with van der Waals surface area (Å²) in [5.74, 6) is -1.57. The van der Waals surface area contributed by atoms with Crippen molar-refractivity contribution in [1.82, 2.24) is 0 Å². The maximum absolute atomic E-state index is 13.2. The van der Waals surface area contributed by atoms with Crippen molar-refractivity contribution in [2.24, 2.45) is 0 Å². The van der Waals surface area contributed by atoms with Gasteiger partial charge in [-0.25, -0.2) is 8.78 Å². The van der Waals surface area contributed by atoms with Gasteiger partial charge in [0, 0.05) is 8.96 Å². The van der Waals surface area contributed by atoms with Gasteiger partial charge in [0.05, 0.1) is 0 Å². The topological polar surface area (TPSA) is 0 Å². The summed E-state index contributed by atoms with van der Waals surface area (Å²) < 4.78 is 26.9. The number of hydrogen-bond acceptors (Lipinski definition) is 0. The predicted molar refractivity (Wildman–Crippen MR) is 56.6 cm³/mol. The van der Waals surface area contributed by atoms with E-state index in [4.69, 9.17) is 0 Å². The van der Waals surface area contributed by atoms with Crippen molar-refractivity contribution in [3.8, 4) is 0 Å². The zero-order chi connectivity index (χ0) is 9.42. The Morgan fingerprint density at radius 3 is 2.54 bits per heavy atom. The Balaban J connectivity index is 2.87. The van der Waals surface area contributed by atoms with Crippen LogP contribution in [0.25, 0.3) is 10.8 Å². The first kappa shape index (κ1) is 8.87. The molecule has 3 heteroatoms. The van der Waals surface area contributed by atoms with E-state index in [1.807, 2.05) is 6.07 Å². The second kappa shape index (κ2) is 3.21. The third-order valence-electron chi connectivity index (χ3n) is 1.87. The second-order valence-corrected chi connectivity index (χ2v) is 3.97. The summed E-state index contributed by atoms with van der Waals surface area (Å²) in [4.78, 5) is 0. The molecule has 66 valence electrons. The third-order valence-corrected chi connectivity index (χ3v) is 2.54. The molecule has 0 nitrogen and oxygen atoms in total. The van der Waals surface area contributed by atoms with Gasteiger partial charge in [0.25, 0.3) is 0 Å². The first-order chi connectivity index (χ1) is 6.18. The van der Waals surface area contributed by atoms with E-state index >= 15 is 0 Å². The van der Waals surface area contributed by atoms with Gasteiger partial charge in [-0.2, -0.15) is 0 Å². The van der Waals surface area contributed by atoms with E-state index < -0.39 is 11.6 Å². The van der Waals surface area contributed by atoms with Gasteiger partial charge in [-0.3, -0.25) is 0 Å². The van der Waals surface area contributed by atoms with Crippen LogP contribution < -0.4 is 0 Å². The molecule has 0 atom stereocenters. The molecule has 0 unspecified atom stereocenters. The molecule has 0 bridgehead atoms. The van der Waals surface area contributed by atoms with E-state index in [9.17, 15) is 8.78 Å².